The van der Waals surface area contributed by atoms with Gasteiger partial charge in [-0.2, -0.15) is 0 Å². The summed E-state index contributed by atoms with van der Waals surface area (Å²) in [6.07, 6.45) is -1.87. The lowest BCUT2D eigenvalue weighted by Gasteiger charge is -2.51. The molecule has 1 fully saturated rings. The van der Waals surface area contributed by atoms with E-state index in [2.05, 4.69) is 38.8 Å². The zero-order chi connectivity index (χ0) is 35.1. The number of aromatic nitrogens is 2. The predicted octanol–water partition coefficient (Wildman–Crippen LogP) is 6.28. The number of aliphatic hydroxyl groups is 2. The van der Waals surface area contributed by atoms with Crippen molar-refractivity contribution in [3.05, 3.63) is 122 Å². The molecule has 4 atom stereocenters. The van der Waals surface area contributed by atoms with Crippen molar-refractivity contribution in [3.63, 3.8) is 0 Å². The molecule has 0 bridgehead atoms. The maximum Gasteiger partial charge on any atom is 0.254 e. The molecule has 9 nitrogen and oxygen atoms in total. The summed E-state index contributed by atoms with van der Waals surface area (Å²) in [5.74, 6) is 1.39. The molecule has 4 aromatic rings. The van der Waals surface area contributed by atoms with Crippen molar-refractivity contribution in [2.45, 2.75) is 75.1 Å². The van der Waals surface area contributed by atoms with Gasteiger partial charge in [-0.1, -0.05) is 88.5 Å². The Kier molecular flexibility index (Phi) is 9.95. The first-order valence-electron chi connectivity index (χ1n) is 16.0. The molecule has 2 heterocycles. The number of hydrogen-bond acceptors (Lipinski definition) is 8. The maximum atomic E-state index is 12.9. The van der Waals surface area contributed by atoms with Crippen LogP contribution in [0.15, 0.2) is 89.9 Å². The molecule has 3 N–H and O–H groups in total. The van der Waals surface area contributed by atoms with Gasteiger partial charge in [-0.25, -0.2) is 0 Å². The first-order valence-corrected chi connectivity index (χ1v) is 19.4. The number of hydrogen-bond donors (Lipinski definition) is 3. The van der Waals surface area contributed by atoms with Gasteiger partial charge >= 0.3 is 0 Å². The van der Waals surface area contributed by atoms with Gasteiger partial charge in [0, 0.05) is 11.8 Å². The molecule has 48 heavy (non-hydrogen) atoms. The third-order valence-corrected chi connectivity index (χ3v) is 17.1. The highest BCUT2D eigenvalue weighted by atomic mass is 32.1. The summed E-state index contributed by atoms with van der Waals surface area (Å²) >= 11 is 5.52. The van der Waals surface area contributed by atoms with Crippen molar-refractivity contribution in [1.82, 2.24) is 9.55 Å². The first kappa shape index (κ1) is 35.7. The molecule has 3 aromatic carbocycles. The van der Waals surface area contributed by atoms with E-state index in [1.807, 2.05) is 78.9 Å². The van der Waals surface area contributed by atoms with Crippen molar-refractivity contribution in [3.8, 4) is 11.5 Å². The monoisotopic (exact) mass is 690 g/mol. The van der Waals surface area contributed by atoms with Crippen LogP contribution in [-0.4, -0.2) is 66.1 Å². The van der Waals surface area contributed by atoms with Crippen LogP contribution in [0.2, 0.25) is 18.1 Å². The highest BCUT2D eigenvalue weighted by Gasteiger charge is 2.67. The number of methoxy groups -OCH3 is 2. The second kappa shape index (κ2) is 13.4. The average molecular weight is 691 g/mol. The van der Waals surface area contributed by atoms with Crippen molar-refractivity contribution < 1.29 is 29.2 Å². The molecular weight excluding hydrogens is 645 g/mol. The van der Waals surface area contributed by atoms with Crippen molar-refractivity contribution in [2.24, 2.45) is 0 Å². The molecule has 0 amide bonds. The SMILES string of the molecule is COc1ccc(C(OC[C@H]2O[C@@H](n3cc(C)c(=O)[nH]c3=S)[C@H](O)[C@@]2(O)[Si](C)(C)C(C)(C)C)(c2ccccc2)c2ccc(OC)cc2)cc1. The van der Waals surface area contributed by atoms with Crippen LogP contribution in [0.5, 0.6) is 11.5 Å². The van der Waals surface area contributed by atoms with Gasteiger partial charge in [-0.3, -0.25) is 14.3 Å². The van der Waals surface area contributed by atoms with Gasteiger partial charge in [-0.15, -0.1) is 0 Å². The average Bonchev–Trinajstić information content (AvgIpc) is 3.33. The Balaban J connectivity index is 1.70. The smallest absolute Gasteiger partial charge is 0.254 e. The quantitative estimate of drug-likeness (QED) is 0.101. The Morgan fingerprint density at radius 3 is 1.90 bits per heavy atom. The zero-order valence-electron chi connectivity index (χ0n) is 28.8. The summed E-state index contributed by atoms with van der Waals surface area (Å²) in [6, 6.07) is 25.3. The van der Waals surface area contributed by atoms with Crippen molar-refractivity contribution in [2.75, 3.05) is 20.8 Å². The van der Waals surface area contributed by atoms with Crippen LogP contribution in [0, 0.1) is 11.7 Å². The summed E-state index contributed by atoms with van der Waals surface area (Å²) < 4.78 is 26.4. The summed E-state index contributed by atoms with van der Waals surface area (Å²) in [5.41, 5.74) is 1.40. The van der Waals surface area contributed by atoms with Crippen LogP contribution in [-0.2, 0) is 15.1 Å². The number of aromatic amines is 1. The standard InChI is InChI=1S/C37H46N2O7SSi/c1-24-22-39(34(47)38-32(24)41)33-31(40)37(42,48(7,8)35(2,3)4)30(46-33)23-45-36(25-12-10-9-11-13-25,26-14-18-28(43-5)19-15-26)27-16-20-29(44-6)21-17-27/h9-22,30-31,33,40,42H,23H2,1-8H3,(H,38,41,47)/t30-,31+,33-,37+/m1/s1. The minimum atomic E-state index is -2.85. The number of nitrogens with zero attached hydrogens (tertiary/aromatic N) is 1. The van der Waals surface area contributed by atoms with E-state index in [0.717, 1.165) is 16.7 Å². The van der Waals surface area contributed by atoms with Gasteiger partial charge in [-0.05, 0) is 65.1 Å². The predicted molar refractivity (Wildman–Crippen MR) is 191 cm³/mol. The number of ether oxygens (including phenoxy) is 4. The molecule has 5 rings (SSSR count). The van der Waals surface area contributed by atoms with Crippen LogP contribution in [0.3, 0.4) is 0 Å². The van der Waals surface area contributed by atoms with Gasteiger partial charge in [0.25, 0.3) is 5.56 Å². The van der Waals surface area contributed by atoms with Crippen LogP contribution < -0.4 is 15.0 Å². The number of nitrogens with one attached hydrogen (secondary N) is 1. The zero-order valence-corrected chi connectivity index (χ0v) is 30.6. The Morgan fingerprint density at radius 2 is 1.42 bits per heavy atom. The van der Waals surface area contributed by atoms with Gasteiger partial charge in [0.1, 0.15) is 34.5 Å². The third kappa shape index (κ3) is 5.97. The van der Waals surface area contributed by atoms with E-state index >= 15 is 0 Å². The van der Waals surface area contributed by atoms with E-state index in [4.69, 9.17) is 31.2 Å². The maximum absolute atomic E-state index is 12.9. The van der Waals surface area contributed by atoms with E-state index in [9.17, 15) is 15.0 Å². The van der Waals surface area contributed by atoms with Gasteiger partial charge in [0.2, 0.25) is 0 Å². The largest absolute Gasteiger partial charge is 0.497 e. The Bertz CT molecular complexity index is 1790. The summed E-state index contributed by atoms with van der Waals surface area (Å²) in [5, 5.41) is 23.0. The number of aliphatic hydroxyl groups excluding tert-OH is 1. The molecule has 256 valence electrons. The minimum absolute atomic E-state index is 0.0869. The molecule has 0 aliphatic carbocycles. The molecular formula is C37H46N2O7SSi. The van der Waals surface area contributed by atoms with E-state index in [1.165, 1.54) is 4.57 Å². The molecule has 0 spiro atoms. The fraction of sp³-hybridized carbons (Fsp3) is 0.405. The first-order chi connectivity index (χ1) is 22.6. The normalized spacial score (nSPS) is 21.7. The molecule has 1 aliphatic rings. The fourth-order valence-electron chi connectivity index (χ4n) is 6.56. The topological polar surface area (TPSA) is 115 Å². The van der Waals surface area contributed by atoms with E-state index in [1.54, 1.807) is 27.3 Å². The molecule has 0 radical (unpaired) electrons. The van der Waals surface area contributed by atoms with Crippen molar-refractivity contribution >= 4 is 20.3 Å². The number of rotatable bonds is 10. The van der Waals surface area contributed by atoms with Crippen LogP contribution in [0.25, 0.3) is 0 Å². The van der Waals surface area contributed by atoms with Gasteiger partial charge < -0.3 is 29.2 Å². The van der Waals surface area contributed by atoms with Gasteiger partial charge in [0.15, 0.2) is 11.0 Å². The third-order valence-electron chi connectivity index (χ3n) is 10.4. The van der Waals surface area contributed by atoms with E-state index in [0.29, 0.717) is 17.1 Å². The molecule has 1 aliphatic heterocycles. The Hall–Kier alpha value is -3.58. The van der Waals surface area contributed by atoms with Gasteiger partial charge in [0.05, 0.1) is 28.9 Å². The summed E-state index contributed by atoms with van der Waals surface area (Å²) in [6.45, 7) is 11.9. The van der Waals surface area contributed by atoms with E-state index < -0.39 is 37.3 Å². The second-order valence-electron chi connectivity index (χ2n) is 14.0. The van der Waals surface area contributed by atoms with Crippen LogP contribution in [0.4, 0.5) is 0 Å². The fourth-order valence-corrected chi connectivity index (χ4v) is 9.85. The lowest BCUT2D eigenvalue weighted by molar-refractivity contribution is -0.104. The highest BCUT2D eigenvalue weighted by molar-refractivity contribution is 7.71. The Morgan fingerprint density at radius 1 is 0.917 bits per heavy atom. The number of H-pyrrole nitrogens is 1. The molecule has 11 heteroatoms. The van der Waals surface area contributed by atoms with Crippen LogP contribution in [0.1, 0.15) is 49.3 Å². The number of benzene rings is 3. The molecule has 1 aromatic heterocycles. The Labute approximate surface area is 288 Å². The molecule has 0 saturated carbocycles. The summed E-state index contributed by atoms with van der Waals surface area (Å²) in [4.78, 5) is 15.0. The van der Waals surface area contributed by atoms with Crippen molar-refractivity contribution in [1.29, 1.82) is 0 Å². The minimum Gasteiger partial charge on any atom is -0.497 e. The van der Waals surface area contributed by atoms with E-state index in [-0.39, 0.29) is 22.0 Å². The lowest BCUT2D eigenvalue weighted by Crippen LogP contribution is -2.69. The number of aryl methyl sites for hydroxylation is 1. The van der Waals surface area contributed by atoms with Crippen LogP contribution >= 0.6 is 12.2 Å². The molecule has 1 saturated heterocycles. The second-order valence-corrected chi connectivity index (χ2v) is 19.9. The molecule has 0 unspecified atom stereocenters. The lowest BCUT2D eigenvalue weighted by atomic mass is 9.80. The summed E-state index contributed by atoms with van der Waals surface area (Å²) in [7, 11) is 0.393. The highest BCUT2D eigenvalue weighted by Crippen LogP contribution is 2.52.